The first-order chi connectivity index (χ1) is 9.10. The van der Waals surface area contributed by atoms with Crippen LogP contribution < -0.4 is 15.8 Å². The van der Waals surface area contributed by atoms with Gasteiger partial charge in [0.05, 0.1) is 24.6 Å². The molecule has 3 N–H and O–H groups in total. The van der Waals surface area contributed by atoms with Crippen molar-refractivity contribution in [1.82, 2.24) is 4.98 Å². The van der Waals surface area contributed by atoms with Crippen molar-refractivity contribution in [1.29, 1.82) is 0 Å². The van der Waals surface area contributed by atoms with Crippen LogP contribution in [0.5, 0.6) is 5.88 Å². The number of halogens is 1. The van der Waals surface area contributed by atoms with E-state index in [1.807, 2.05) is 0 Å². The number of nitrogens with one attached hydrogen (secondary N) is 1. The standard InChI is InChI=1S/C13H12BrN3O2/c1-19-12-5-3-9(7-16-12)17-13(18)10-6-8(14)2-4-11(10)15/h2-7H,15H2,1H3,(H,17,18). The van der Waals surface area contributed by atoms with Gasteiger partial charge in [0.2, 0.25) is 5.88 Å². The number of nitrogens with zero attached hydrogens (tertiary/aromatic N) is 1. The molecule has 5 nitrogen and oxygen atoms in total. The molecule has 0 aliphatic carbocycles. The van der Waals surface area contributed by atoms with Gasteiger partial charge in [-0.15, -0.1) is 0 Å². The molecular weight excluding hydrogens is 310 g/mol. The second-order valence-electron chi connectivity index (χ2n) is 3.77. The summed E-state index contributed by atoms with van der Waals surface area (Å²) in [5.74, 6) is 0.200. The maximum Gasteiger partial charge on any atom is 0.257 e. The number of amides is 1. The average molecular weight is 322 g/mol. The smallest absolute Gasteiger partial charge is 0.257 e. The molecular formula is C13H12BrN3O2. The van der Waals surface area contributed by atoms with Crippen molar-refractivity contribution in [2.75, 3.05) is 18.2 Å². The molecule has 0 spiro atoms. The van der Waals surface area contributed by atoms with Gasteiger partial charge in [0, 0.05) is 16.2 Å². The largest absolute Gasteiger partial charge is 0.481 e. The summed E-state index contributed by atoms with van der Waals surface area (Å²) in [5.41, 5.74) is 7.17. The molecule has 0 unspecified atom stereocenters. The zero-order valence-electron chi connectivity index (χ0n) is 10.2. The van der Waals surface area contributed by atoms with Crippen LogP contribution in [0.15, 0.2) is 41.0 Å². The maximum absolute atomic E-state index is 12.1. The minimum Gasteiger partial charge on any atom is -0.481 e. The van der Waals surface area contributed by atoms with Gasteiger partial charge in [-0.05, 0) is 24.3 Å². The lowest BCUT2D eigenvalue weighted by atomic mass is 10.1. The van der Waals surface area contributed by atoms with E-state index >= 15 is 0 Å². The number of hydrogen-bond acceptors (Lipinski definition) is 4. The highest BCUT2D eigenvalue weighted by atomic mass is 79.9. The molecule has 19 heavy (non-hydrogen) atoms. The predicted octanol–water partition coefficient (Wildman–Crippen LogP) is 2.69. The highest BCUT2D eigenvalue weighted by Gasteiger charge is 2.10. The van der Waals surface area contributed by atoms with E-state index in [9.17, 15) is 4.79 Å². The van der Waals surface area contributed by atoms with Gasteiger partial charge in [-0.1, -0.05) is 15.9 Å². The molecule has 0 bridgehead atoms. The third-order valence-electron chi connectivity index (χ3n) is 2.46. The zero-order chi connectivity index (χ0) is 13.8. The normalized spacial score (nSPS) is 10.0. The molecule has 1 heterocycles. The molecule has 0 aliphatic heterocycles. The van der Waals surface area contributed by atoms with Gasteiger partial charge in [-0.25, -0.2) is 4.98 Å². The van der Waals surface area contributed by atoms with Crippen LogP contribution in [-0.4, -0.2) is 18.0 Å². The van der Waals surface area contributed by atoms with Gasteiger partial charge < -0.3 is 15.8 Å². The number of nitrogen functional groups attached to an aromatic ring is 1. The number of hydrogen-bond donors (Lipinski definition) is 2. The van der Waals surface area contributed by atoms with Crippen molar-refractivity contribution in [3.63, 3.8) is 0 Å². The molecule has 1 aromatic heterocycles. The number of rotatable bonds is 3. The lowest BCUT2D eigenvalue weighted by Crippen LogP contribution is -2.14. The molecule has 1 aromatic carbocycles. The quantitative estimate of drug-likeness (QED) is 0.852. The number of anilines is 2. The Labute approximate surface area is 118 Å². The lowest BCUT2D eigenvalue weighted by Gasteiger charge is -2.08. The van der Waals surface area contributed by atoms with E-state index in [2.05, 4.69) is 26.2 Å². The van der Waals surface area contributed by atoms with Crippen LogP contribution >= 0.6 is 15.9 Å². The highest BCUT2D eigenvalue weighted by Crippen LogP contribution is 2.20. The third-order valence-corrected chi connectivity index (χ3v) is 2.96. The van der Waals surface area contributed by atoms with E-state index < -0.39 is 0 Å². The van der Waals surface area contributed by atoms with Crippen LogP contribution in [0.3, 0.4) is 0 Å². The Balaban J connectivity index is 2.18. The van der Waals surface area contributed by atoms with E-state index in [1.165, 1.54) is 13.3 Å². The molecule has 6 heteroatoms. The topological polar surface area (TPSA) is 77.2 Å². The van der Waals surface area contributed by atoms with Crippen LogP contribution in [0, 0.1) is 0 Å². The van der Waals surface area contributed by atoms with Crippen LogP contribution in [0.25, 0.3) is 0 Å². The van der Waals surface area contributed by atoms with Gasteiger partial charge >= 0.3 is 0 Å². The van der Waals surface area contributed by atoms with Crippen LogP contribution in [0.2, 0.25) is 0 Å². The first-order valence-corrected chi connectivity index (χ1v) is 6.26. The van der Waals surface area contributed by atoms with Crippen molar-refractivity contribution in [2.24, 2.45) is 0 Å². The summed E-state index contributed by atoms with van der Waals surface area (Å²) < 4.78 is 5.74. The first kappa shape index (κ1) is 13.4. The Kier molecular flexibility index (Phi) is 4.01. The molecule has 2 rings (SSSR count). The third kappa shape index (κ3) is 3.23. The first-order valence-electron chi connectivity index (χ1n) is 5.46. The van der Waals surface area contributed by atoms with Crippen molar-refractivity contribution in [3.8, 4) is 5.88 Å². The molecule has 0 radical (unpaired) electrons. The number of aromatic nitrogens is 1. The summed E-state index contributed by atoms with van der Waals surface area (Å²) in [4.78, 5) is 16.1. The van der Waals surface area contributed by atoms with E-state index in [0.29, 0.717) is 22.8 Å². The molecule has 98 valence electrons. The second-order valence-corrected chi connectivity index (χ2v) is 4.69. The Bertz CT molecular complexity index is 599. The Morgan fingerprint density at radius 1 is 1.37 bits per heavy atom. The molecule has 0 atom stereocenters. The molecule has 0 saturated carbocycles. The molecule has 1 amide bonds. The number of carbonyl (C=O) groups is 1. The number of pyridine rings is 1. The van der Waals surface area contributed by atoms with Crippen LogP contribution in [0.1, 0.15) is 10.4 Å². The summed E-state index contributed by atoms with van der Waals surface area (Å²) in [6, 6.07) is 8.49. The number of carbonyl (C=O) groups excluding carboxylic acids is 1. The summed E-state index contributed by atoms with van der Waals surface area (Å²) in [7, 11) is 1.53. The average Bonchev–Trinajstić information content (AvgIpc) is 2.42. The molecule has 0 aliphatic rings. The summed E-state index contributed by atoms with van der Waals surface area (Å²) >= 11 is 3.30. The number of ether oxygens (including phenoxy) is 1. The van der Waals surface area contributed by atoms with Gasteiger partial charge in [0.1, 0.15) is 0 Å². The Morgan fingerprint density at radius 2 is 2.16 bits per heavy atom. The second kappa shape index (κ2) is 5.71. The number of nitrogens with two attached hydrogens (primary N) is 1. The molecule has 2 aromatic rings. The van der Waals surface area contributed by atoms with Gasteiger partial charge in [0.15, 0.2) is 0 Å². The number of benzene rings is 1. The van der Waals surface area contributed by atoms with Crippen LogP contribution in [0.4, 0.5) is 11.4 Å². The van der Waals surface area contributed by atoms with Crippen molar-refractivity contribution < 1.29 is 9.53 Å². The Morgan fingerprint density at radius 3 is 2.79 bits per heavy atom. The fourth-order valence-corrected chi connectivity index (χ4v) is 1.86. The van der Waals surface area contributed by atoms with Gasteiger partial charge in [0.25, 0.3) is 5.91 Å². The van der Waals surface area contributed by atoms with Crippen molar-refractivity contribution >= 4 is 33.2 Å². The van der Waals surface area contributed by atoms with Crippen molar-refractivity contribution in [3.05, 3.63) is 46.6 Å². The van der Waals surface area contributed by atoms with E-state index in [4.69, 9.17) is 10.5 Å². The zero-order valence-corrected chi connectivity index (χ0v) is 11.8. The minimum absolute atomic E-state index is 0.286. The summed E-state index contributed by atoms with van der Waals surface area (Å²) in [5, 5.41) is 2.72. The van der Waals surface area contributed by atoms with E-state index in [1.54, 1.807) is 30.3 Å². The van der Waals surface area contributed by atoms with E-state index in [0.717, 1.165) is 4.47 Å². The van der Waals surface area contributed by atoms with Gasteiger partial charge in [-0.3, -0.25) is 4.79 Å². The summed E-state index contributed by atoms with van der Waals surface area (Å²) in [6.45, 7) is 0. The predicted molar refractivity (Wildman–Crippen MR) is 77.3 cm³/mol. The monoisotopic (exact) mass is 321 g/mol. The molecule has 0 saturated heterocycles. The van der Waals surface area contributed by atoms with Crippen LogP contribution in [-0.2, 0) is 0 Å². The highest BCUT2D eigenvalue weighted by molar-refractivity contribution is 9.10. The fourth-order valence-electron chi connectivity index (χ4n) is 1.50. The summed E-state index contributed by atoms with van der Waals surface area (Å²) in [6.07, 6.45) is 1.52. The SMILES string of the molecule is COc1ccc(NC(=O)c2cc(Br)ccc2N)cn1. The minimum atomic E-state index is -0.286. The Hall–Kier alpha value is -2.08. The van der Waals surface area contributed by atoms with Gasteiger partial charge in [-0.2, -0.15) is 0 Å². The van der Waals surface area contributed by atoms with Crippen molar-refractivity contribution in [2.45, 2.75) is 0 Å². The fraction of sp³-hybridized carbons (Fsp3) is 0.0769. The maximum atomic E-state index is 12.1. The number of methoxy groups -OCH3 is 1. The molecule has 0 fully saturated rings. The van der Waals surface area contributed by atoms with E-state index in [-0.39, 0.29) is 5.91 Å². The lowest BCUT2D eigenvalue weighted by molar-refractivity contribution is 0.102.